The van der Waals surface area contributed by atoms with Gasteiger partial charge in [0, 0.05) is 22.0 Å². The molecular weight excluding hydrogens is 462 g/mol. The first-order valence-corrected chi connectivity index (χ1v) is 10.6. The van der Waals surface area contributed by atoms with Crippen molar-refractivity contribution in [3.8, 4) is 5.75 Å². The lowest BCUT2D eigenvalue weighted by Crippen LogP contribution is -2.22. The topological polar surface area (TPSA) is 104 Å². The highest BCUT2D eigenvalue weighted by atomic mass is 79.9. The SMILES string of the molecule is Cc1c(C(=O)Nc2ccccc2Br)oc2c1/C(=N/NC(=O)c1ccccc1O)CCC2. The largest absolute Gasteiger partial charge is 0.507 e. The monoisotopic (exact) mass is 481 g/mol. The number of amides is 2. The molecule has 1 heterocycles. The number of hydrogen-bond acceptors (Lipinski definition) is 5. The average Bonchev–Trinajstić information content (AvgIpc) is 3.11. The van der Waals surface area contributed by atoms with E-state index >= 15 is 0 Å². The van der Waals surface area contributed by atoms with E-state index in [1.54, 1.807) is 18.2 Å². The van der Waals surface area contributed by atoms with Crippen molar-refractivity contribution in [2.45, 2.75) is 26.2 Å². The standard InChI is InChI=1S/C23H20BrN3O4/c1-13-20-17(26-27-22(29)14-7-2-5-11-18(14)28)10-6-12-19(20)31-21(13)23(30)25-16-9-4-3-8-15(16)24/h2-5,7-9,11,28H,6,10,12H2,1H3,(H,25,30)(H,27,29)/b26-17+. The van der Waals surface area contributed by atoms with Crippen molar-refractivity contribution in [1.82, 2.24) is 5.43 Å². The first-order chi connectivity index (χ1) is 15.0. The maximum Gasteiger partial charge on any atom is 0.291 e. The molecule has 0 saturated carbocycles. The van der Waals surface area contributed by atoms with Crippen molar-refractivity contribution < 1.29 is 19.1 Å². The molecule has 1 aliphatic rings. The number of para-hydroxylation sites is 2. The van der Waals surface area contributed by atoms with Crippen molar-refractivity contribution in [2.75, 3.05) is 5.32 Å². The smallest absolute Gasteiger partial charge is 0.291 e. The fourth-order valence-corrected chi connectivity index (χ4v) is 3.97. The number of phenols is 1. The molecular formula is C23H20BrN3O4. The molecule has 0 fully saturated rings. The van der Waals surface area contributed by atoms with Crippen LogP contribution in [0, 0.1) is 6.92 Å². The fourth-order valence-electron chi connectivity index (χ4n) is 3.58. The van der Waals surface area contributed by atoms with E-state index < -0.39 is 5.91 Å². The third-order valence-electron chi connectivity index (χ3n) is 5.10. The fraction of sp³-hybridized carbons (Fsp3) is 0.174. The zero-order valence-electron chi connectivity index (χ0n) is 16.7. The quantitative estimate of drug-likeness (QED) is 0.466. The molecule has 0 aliphatic heterocycles. The predicted molar refractivity (Wildman–Crippen MR) is 121 cm³/mol. The number of aryl methyl sites for hydroxylation is 1. The third kappa shape index (κ3) is 4.25. The molecule has 0 unspecified atom stereocenters. The maximum atomic E-state index is 12.8. The molecule has 0 saturated heterocycles. The maximum absolute atomic E-state index is 12.8. The zero-order valence-corrected chi connectivity index (χ0v) is 18.3. The molecule has 0 radical (unpaired) electrons. The Morgan fingerprint density at radius 3 is 2.58 bits per heavy atom. The highest BCUT2D eigenvalue weighted by Crippen LogP contribution is 2.31. The first-order valence-electron chi connectivity index (χ1n) is 9.79. The van der Waals surface area contributed by atoms with Crippen LogP contribution >= 0.6 is 15.9 Å². The van der Waals surface area contributed by atoms with Crippen LogP contribution in [0.5, 0.6) is 5.75 Å². The molecule has 2 aromatic carbocycles. The van der Waals surface area contributed by atoms with E-state index in [-0.39, 0.29) is 23.0 Å². The summed E-state index contributed by atoms with van der Waals surface area (Å²) in [6, 6.07) is 13.6. The number of aromatic hydroxyl groups is 1. The van der Waals surface area contributed by atoms with E-state index in [0.717, 1.165) is 16.5 Å². The van der Waals surface area contributed by atoms with Crippen molar-refractivity contribution in [3.05, 3.63) is 81.2 Å². The summed E-state index contributed by atoms with van der Waals surface area (Å²) >= 11 is 3.42. The number of anilines is 1. The lowest BCUT2D eigenvalue weighted by Gasteiger charge is -2.13. The van der Waals surface area contributed by atoms with Gasteiger partial charge in [-0.2, -0.15) is 5.10 Å². The van der Waals surface area contributed by atoms with Gasteiger partial charge >= 0.3 is 0 Å². The Morgan fingerprint density at radius 2 is 1.81 bits per heavy atom. The first kappa shape index (κ1) is 20.9. The number of carbonyl (C=O) groups excluding carboxylic acids is 2. The predicted octanol–water partition coefficient (Wildman–Crippen LogP) is 4.78. The van der Waals surface area contributed by atoms with Crippen LogP contribution in [0.15, 0.2) is 62.5 Å². The van der Waals surface area contributed by atoms with Crippen LogP contribution < -0.4 is 10.7 Å². The Bertz CT molecular complexity index is 1200. The van der Waals surface area contributed by atoms with Crippen molar-refractivity contribution in [1.29, 1.82) is 0 Å². The minimum absolute atomic E-state index is 0.116. The molecule has 2 amide bonds. The minimum Gasteiger partial charge on any atom is -0.507 e. The Hall–Kier alpha value is -3.39. The van der Waals surface area contributed by atoms with Crippen LogP contribution in [0.3, 0.4) is 0 Å². The Balaban J connectivity index is 1.59. The van der Waals surface area contributed by atoms with Crippen LogP contribution in [0.1, 0.15) is 50.6 Å². The van der Waals surface area contributed by atoms with Gasteiger partial charge in [0.2, 0.25) is 0 Å². The number of furan rings is 1. The summed E-state index contributed by atoms with van der Waals surface area (Å²) in [4.78, 5) is 25.2. The number of nitrogens with zero attached hydrogens (tertiary/aromatic N) is 1. The summed E-state index contributed by atoms with van der Waals surface area (Å²) < 4.78 is 6.66. The second-order valence-corrected chi connectivity index (χ2v) is 8.01. The molecule has 4 rings (SSSR count). The van der Waals surface area contributed by atoms with Gasteiger partial charge in [-0.1, -0.05) is 24.3 Å². The van der Waals surface area contributed by atoms with E-state index in [1.165, 1.54) is 12.1 Å². The summed E-state index contributed by atoms with van der Waals surface area (Å²) in [6.07, 6.45) is 2.11. The molecule has 0 bridgehead atoms. The zero-order chi connectivity index (χ0) is 22.0. The minimum atomic E-state index is -0.509. The van der Waals surface area contributed by atoms with Gasteiger partial charge in [-0.15, -0.1) is 0 Å². The molecule has 0 atom stereocenters. The van der Waals surface area contributed by atoms with Gasteiger partial charge in [0.25, 0.3) is 11.8 Å². The van der Waals surface area contributed by atoms with E-state index in [2.05, 4.69) is 31.8 Å². The Morgan fingerprint density at radius 1 is 1.06 bits per heavy atom. The molecule has 7 nitrogen and oxygen atoms in total. The van der Waals surface area contributed by atoms with Crippen LogP contribution in [0.4, 0.5) is 5.69 Å². The number of halogens is 1. The number of fused-ring (bicyclic) bond motifs is 1. The molecule has 3 N–H and O–H groups in total. The summed E-state index contributed by atoms with van der Waals surface area (Å²) in [5, 5.41) is 17.0. The third-order valence-corrected chi connectivity index (χ3v) is 5.79. The van der Waals surface area contributed by atoms with Crippen LogP contribution in [-0.4, -0.2) is 22.6 Å². The molecule has 31 heavy (non-hydrogen) atoms. The van der Waals surface area contributed by atoms with Crippen molar-refractivity contribution in [2.24, 2.45) is 5.10 Å². The summed E-state index contributed by atoms with van der Waals surface area (Å²) in [6.45, 7) is 1.81. The molecule has 0 spiro atoms. The van der Waals surface area contributed by atoms with Gasteiger partial charge in [-0.3, -0.25) is 9.59 Å². The van der Waals surface area contributed by atoms with Crippen LogP contribution in [0.25, 0.3) is 0 Å². The molecule has 158 valence electrons. The van der Waals surface area contributed by atoms with Gasteiger partial charge in [-0.25, -0.2) is 5.43 Å². The van der Waals surface area contributed by atoms with E-state index in [9.17, 15) is 14.7 Å². The molecule has 1 aromatic heterocycles. The summed E-state index contributed by atoms with van der Waals surface area (Å²) in [7, 11) is 0. The molecule has 8 heteroatoms. The van der Waals surface area contributed by atoms with Crippen molar-refractivity contribution in [3.63, 3.8) is 0 Å². The molecule has 1 aliphatic carbocycles. The van der Waals surface area contributed by atoms with Gasteiger partial charge in [0.1, 0.15) is 11.5 Å². The number of phenolic OH excluding ortho intramolecular Hbond substituents is 1. The summed E-state index contributed by atoms with van der Waals surface area (Å²) in [5.41, 5.74) is 5.36. The van der Waals surface area contributed by atoms with E-state index in [1.807, 2.05) is 25.1 Å². The average molecular weight is 482 g/mol. The van der Waals surface area contributed by atoms with Gasteiger partial charge < -0.3 is 14.8 Å². The van der Waals surface area contributed by atoms with Gasteiger partial charge in [0.15, 0.2) is 5.76 Å². The number of carbonyl (C=O) groups is 2. The molecule has 3 aromatic rings. The highest BCUT2D eigenvalue weighted by Gasteiger charge is 2.28. The summed E-state index contributed by atoms with van der Waals surface area (Å²) in [5.74, 6) is -0.0730. The number of hydrogen-bond donors (Lipinski definition) is 3. The Kier molecular flexibility index (Phi) is 5.90. The van der Waals surface area contributed by atoms with Crippen LogP contribution in [-0.2, 0) is 6.42 Å². The lowest BCUT2D eigenvalue weighted by molar-refractivity contribution is 0.0950. The highest BCUT2D eigenvalue weighted by molar-refractivity contribution is 9.10. The Labute approximate surface area is 187 Å². The number of benzene rings is 2. The second kappa shape index (κ2) is 8.77. The lowest BCUT2D eigenvalue weighted by atomic mass is 9.93. The number of nitrogens with one attached hydrogen (secondary N) is 2. The van der Waals surface area contributed by atoms with E-state index in [0.29, 0.717) is 35.6 Å². The van der Waals surface area contributed by atoms with Gasteiger partial charge in [-0.05, 0) is 60.0 Å². The van der Waals surface area contributed by atoms with E-state index in [4.69, 9.17) is 4.42 Å². The van der Waals surface area contributed by atoms with Crippen molar-refractivity contribution >= 4 is 39.1 Å². The normalized spacial score (nSPS) is 14.2. The van der Waals surface area contributed by atoms with Gasteiger partial charge in [0.05, 0.1) is 17.0 Å². The number of hydrazone groups is 1. The van der Waals surface area contributed by atoms with Crippen LogP contribution in [0.2, 0.25) is 0 Å². The second-order valence-electron chi connectivity index (χ2n) is 7.16. The number of rotatable bonds is 4.